The molecule has 1 saturated heterocycles. The zero-order valence-corrected chi connectivity index (χ0v) is 19.0. The number of aliphatic carboxylic acids is 1. The Balaban J connectivity index is 1.32. The van der Waals surface area contributed by atoms with Gasteiger partial charge in [-0.15, -0.1) is 0 Å². The van der Waals surface area contributed by atoms with Gasteiger partial charge in [0.2, 0.25) is 5.91 Å². The minimum atomic E-state index is -0.843. The van der Waals surface area contributed by atoms with E-state index in [4.69, 9.17) is 9.84 Å². The highest BCUT2D eigenvalue weighted by atomic mass is 16.5. The molecular weight excluding hydrogens is 420 g/mol. The minimum Gasteiger partial charge on any atom is -0.481 e. The molecule has 7 heteroatoms. The maximum Gasteiger partial charge on any atom is 0.407 e. The first kappa shape index (κ1) is 22.8. The molecule has 2 aromatic rings. The van der Waals surface area contributed by atoms with Gasteiger partial charge in [0, 0.05) is 37.4 Å². The van der Waals surface area contributed by atoms with Crippen LogP contribution >= 0.6 is 0 Å². The number of amides is 2. The van der Waals surface area contributed by atoms with Crippen molar-refractivity contribution in [1.29, 1.82) is 0 Å². The van der Waals surface area contributed by atoms with Gasteiger partial charge < -0.3 is 20.1 Å². The molecule has 0 aromatic heterocycles. The van der Waals surface area contributed by atoms with Crippen LogP contribution in [0.1, 0.15) is 43.7 Å². The van der Waals surface area contributed by atoms with E-state index >= 15 is 0 Å². The summed E-state index contributed by atoms with van der Waals surface area (Å²) in [5.41, 5.74) is 4.64. The third-order valence-corrected chi connectivity index (χ3v) is 6.62. The predicted molar refractivity (Wildman–Crippen MR) is 124 cm³/mol. The van der Waals surface area contributed by atoms with Crippen LogP contribution in [0.2, 0.25) is 0 Å². The summed E-state index contributed by atoms with van der Waals surface area (Å²) in [6.07, 6.45) is -0.285. The molecule has 0 spiro atoms. The van der Waals surface area contributed by atoms with Crippen LogP contribution in [-0.4, -0.2) is 53.7 Å². The van der Waals surface area contributed by atoms with Gasteiger partial charge in [0.15, 0.2) is 0 Å². The standard InChI is InChI=1S/C26H30N2O5/c1-16(2)23(12-24(29)28-13-17(14-28)11-25(30)31)27-26(32)33-15-22-20-9-5-3-7-18(20)19-8-4-6-10-21(19)22/h3-10,16-17,22-23H,11-15H2,1-2H3,(H,27,32)(H,30,31). The number of likely N-dealkylation sites (tertiary alicyclic amines) is 1. The van der Waals surface area contributed by atoms with E-state index in [2.05, 4.69) is 29.6 Å². The number of alkyl carbamates (subject to hydrolysis) is 1. The lowest BCUT2D eigenvalue weighted by Gasteiger charge is -2.39. The third kappa shape index (κ3) is 5.02. The van der Waals surface area contributed by atoms with E-state index in [1.54, 1.807) is 4.90 Å². The maximum atomic E-state index is 12.6. The second-order valence-corrected chi connectivity index (χ2v) is 9.29. The Morgan fingerprint density at radius 1 is 1.03 bits per heavy atom. The van der Waals surface area contributed by atoms with Gasteiger partial charge in [0.25, 0.3) is 0 Å². The van der Waals surface area contributed by atoms with Gasteiger partial charge in [-0.05, 0) is 28.2 Å². The zero-order valence-electron chi connectivity index (χ0n) is 19.0. The van der Waals surface area contributed by atoms with Crippen molar-refractivity contribution in [2.45, 2.75) is 38.6 Å². The molecule has 1 aliphatic carbocycles. The Hall–Kier alpha value is -3.35. The van der Waals surface area contributed by atoms with Crippen molar-refractivity contribution in [3.05, 3.63) is 59.7 Å². The van der Waals surface area contributed by atoms with Crippen LogP contribution in [0.3, 0.4) is 0 Å². The van der Waals surface area contributed by atoms with Gasteiger partial charge in [0.05, 0.1) is 6.42 Å². The van der Waals surface area contributed by atoms with Crippen molar-refractivity contribution in [1.82, 2.24) is 10.2 Å². The predicted octanol–water partition coefficient (Wildman–Crippen LogP) is 3.87. The summed E-state index contributed by atoms with van der Waals surface area (Å²) < 4.78 is 5.62. The Morgan fingerprint density at radius 2 is 1.61 bits per heavy atom. The molecule has 174 valence electrons. The van der Waals surface area contributed by atoms with Gasteiger partial charge in [-0.1, -0.05) is 62.4 Å². The highest BCUT2D eigenvalue weighted by Crippen LogP contribution is 2.44. The third-order valence-electron chi connectivity index (χ3n) is 6.62. The maximum absolute atomic E-state index is 12.6. The van der Waals surface area contributed by atoms with E-state index < -0.39 is 12.1 Å². The van der Waals surface area contributed by atoms with Crippen LogP contribution in [-0.2, 0) is 14.3 Å². The van der Waals surface area contributed by atoms with Crippen LogP contribution in [0.25, 0.3) is 11.1 Å². The summed E-state index contributed by atoms with van der Waals surface area (Å²) in [4.78, 5) is 37.7. The van der Waals surface area contributed by atoms with Crippen molar-refractivity contribution in [2.75, 3.05) is 19.7 Å². The van der Waals surface area contributed by atoms with Crippen molar-refractivity contribution >= 4 is 18.0 Å². The Morgan fingerprint density at radius 3 is 2.15 bits per heavy atom. The molecule has 1 fully saturated rings. The van der Waals surface area contributed by atoms with Crippen molar-refractivity contribution in [3.63, 3.8) is 0 Å². The van der Waals surface area contributed by atoms with Crippen LogP contribution in [0.5, 0.6) is 0 Å². The highest BCUT2D eigenvalue weighted by Gasteiger charge is 2.34. The van der Waals surface area contributed by atoms with Gasteiger partial charge in [-0.2, -0.15) is 0 Å². The number of hydrogen-bond acceptors (Lipinski definition) is 4. The van der Waals surface area contributed by atoms with E-state index in [9.17, 15) is 14.4 Å². The summed E-state index contributed by atoms with van der Waals surface area (Å²) >= 11 is 0. The summed E-state index contributed by atoms with van der Waals surface area (Å²) in [5, 5.41) is 11.7. The normalized spacial score (nSPS) is 16.0. The Kier molecular flexibility index (Phi) is 6.67. The van der Waals surface area contributed by atoms with E-state index in [1.165, 1.54) is 11.1 Å². The molecule has 2 aliphatic rings. The first-order chi connectivity index (χ1) is 15.8. The largest absolute Gasteiger partial charge is 0.481 e. The van der Waals surface area contributed by atoms with Gasteiger partial charge in [0.1, 0.15) is 6.61 Å². The molecule has 1 unspecified atom stereocenters. The number of ether oxygens (including phenoxy) is 1. The molecule has 1 atom stereocenters. The van der Waals surface area contributed by atoms with Crippen molar-refractivity contribution in [2.24, 2.45) is 11.8 Å². The quantitative estimate of drug-likeness (QED) is 0.637. The van der Waals surface area contributed by atoms with Crippen molar-refractivity contribution < 1.29 is 24.2 Å². The SMILES string of the molecule is CC(C)C(CC(=O)N1CC(CC(=O)O)C1)NC(=O)OCC1c2ccccc2-c2ccccc21. The fourth-order valence-corrected chi connectivity index (χ4v) is 4.71. The number of fused-ring (bicyclic) bond motifs is 3. The Bertz CT molecular complexity index is 999. The summed E-state index contributed by atoms with van der Waals surface area (Å²) in [7, 11) is 0. The zero-order chi connectivity index (χ0) is 23.5. The number of carboxylic acid groups (broad SMARTS) is 1. The molecule has 33 heavy (non-hydrogen) atoms. The van der Waals surface area contributed by atoms with Crippen molar-refractivity contribution in [3.8, 4) is 11.1 Å². The summed E-state index contributed by atoms with van der Waals surface area (Å²) in [5.74, 6) is -0.877. The van der Waals surface area contributed by atoms with Gasteiger partial charge in [-0.25, -0.2) is 4.79 Å². The molecule has 7 nitrogen and oxygen atoms in total. The molecule has 0 saturated carbocycles. The monoisotopic (exact) mass is 450 g/mol. The van der Waals surface area contributed by atoms with Gasteiger partial charge in [-0.3, -0.25) is 9.59 Å². The fraction of sp³-hybridized carbons (Fsp3) is 0.423. The number of rotatable bonds is 8. The first-order valence-corrected chi connectivity index (χ1v) is 11.4. The van der Waals surface area contributed by atoms with Crippen LogP contribution in [0, 0.1) is 11.8 Å². The van der Waals surface area contributed by atoms with E-state index in [0.717, 1.165) is 11.1 Å². The Labute approximate surface area is 193 Å². The molecule has 4 rings (SSSR count). The number of carboxylic acids is 1. The number of benzene rings is 2. The van der Waals surface area contributed by atoms with E-state index in [1.807, 2.05) is 38.1 Å². The molecule has 2 N–H and O–H groups in total. The number of nitrogens with zero attached hydrogens (tertiary/aromatic N) is 1. The lowest BCUT2D eigenvalue weighted by atomic mass is 9.94. The average Bonchev–Trinajstić information content (AvgIpc) is 3.07. The lowest BCUT2D eigenvalue weighted by Crippen LogP contribution is -2.52. The number of carbonyl (C=O) groups is 3. The smallest absolute Gasteiger partial charge is 0.407 e. The number of carbonyl (C=O) groups excluding carboxylic acids is 2. The second kappa shape index (κ2) is 9.65. The molecule has 2 aromatic carbocycles. The van der Waals surface area contributed by atoms with E-state index in [-0.39, 0.29) is 49.2 Å². The first-order valence-electron chi connectivity index (χ1n) is 11.4. The fourth-order valence-electron chi connectivity index (χ4n) is 4.71. The van der Waals surface area contributed by atoms with Crippen LogP contribution in [0.15, 0.2) is 48.5 Å². The number of hydrogen-bond donors (Lipinski definition) is 2. The van der Waals surface area contributed by atoms with Crippen LogP contribution < -0.4 is 5.32 Å². The van der Waals surface area contributed by atoms with Crippen LogP contribution in [0.4, 0.5) is 4.79 Å². The molecule has 0 bridgehead atoms. The molecular formula is C26H30N2O5. The lowest BCUT2D eigenvalue weighted by molar-refractivity contribution is -0.145. The summed E-state index contributed by atoms with van der Waals surface area (Å²) in [6.45, 7) is 5.04. The van der Waals surface area contributed by atoms with Gasteiger partial charge >= 0.3 is 12.1 Å². The molecule has 2 amide bonds. The molecule has 0 radical (unpaired) electrons. The topological polar surface area (TPSA) is 95.9 Å². The molecule has 1 aliphatic heterocycles. The summed E-state index contributed by atoms with van der Waals surface area (Å²) in [6, 6.07) is 16.0. The second-order valence-electron chi connectivity index (χ2n) is 9.29. The average molecular weight is 451 g/mol. The minimum absolute atomic E-state index is 0.0130. The number of nitrogens with one attached hydrogen (secondary N) is 1. The van der Waals surface area contributed by atoms with E-state index in [0.29, 0.717) is 13.1 Å². The highest BCUT2D eigenvalue weighted by molar-refractivity contribution is 5.80. The molecule has 1 heterocycles.